The number of benzene rings is 1. The highest BCUT2D eigenvalue weighted by molar-refractivity contribution is 7.17. The third-order valence-corrected chi connectivity index (χ3v) is 4.82. The molecule has 0 saturated carbocycles. The van der Waals surface area contributed by atoms with Crippen LogP contribution in [0.2, 0.25) is 4.34 Å². The number of halogens is 1. The summed E-state index contributed by atoms with van der Waals surface area (Å²) in [5.74, 6) is 0.794. The minimum atomic E-state index is -0.136. The second-order valence-electron chi connectivity index (χ2n) is 4.99. The second-order valence-corrected chi connectivity index (χ2v) is 6.71. The SMILES string of the molecule is COc1cccc(C2CN(C(=O)c3ccc(Cl)s3)CCO2)c1. The van der Waals surface area contributed by atoms with Crippen LogP contribution in [0.5, 0.6) is 5.75 Å². The van der Waals surface area contributed by atoms with Crippen LogP contribution in [0.4, 0.5) is 0 Å². The summed E-state index contributed by atoms with van der Waals surface area (Å²) in [7, 11) is 1.64. The smallest absolute Gasteiger partial charge is 0.264 e. The van der Waals surface area contributed by atoms with Crippen molar-refractivity contribution in [3.05, 3.63) is 51.2 Å². The number of thiophene rings is 1. The maximum Gasteiger partial charge on any atom is 0.264 e. The zero-order valence-corrected chi connectivity index (χ0v) is 13.7. The van der Waals surface area contributed by atoms with Crippen molar-refractivity contribution in [2.24, 2.45) is 0 Å². The molecule has 2 aromatic rings. The molecule has 1 aromatic carbocycles. The number of rotatable bonds is 3. The summed E-state index contributed by atoms with van der Waals surface area (Å²) in [6.45, 7) is 1.64. The molecule has 1 aliphatic heterocycles. The molecule has 1 amide bonds. The molecule has 1 aliphatic rings. The molecule has 4 nitrogen and oxygen atoms in total. The van der Waals surface area contributed by atoms with E-state index in [2.05, 4.69) is 0 Å². The lowest BCUT2D eigenvalue weighted by atomic mass is 10.1. The zero-order valence-electron chi connectivity index (χ0n) is 12.1. The highest BCUT2D eigenvalue weighted by Gasteiger charge is 2.27. The molecule has 22 heavy (non-hydrogen) atoms. The van der Waals surface area contributed by atoms with E-state index in [0.29, 0.717) is 28.9 Å². The van der Waals surface area contributed by atoms with Gasteiger partial charge in [0.1, 0.15) is 11.9 Å². The van der Waals surface area contributed by atoms with E-state index in [1.165, 1.54) is 11.3 Å². The fourth-order valence-electron chi connectivity index (χ4n) is 2.46. The van der Waals surface area contributed by atoms with Gasteiger partial charge < -0.3 is 14.4 Å². The van der Waals surface area contributed by atoms with Crippen molar-refractivity contribution in [2.45, 2.75) is 6.10 Å². The fourth-order valence-corrected chi connectivity index (χ4v) is 3.47. The number of carbonyl (C=O) groups excluding carboxylic acids is 1. The number of methoxy groups -OCH3 is 1. The molecule has 0 spiro atoms. The zero-order chi connectivity index (χ0) is 15.5. The highest BCUT2D eigenvalue weighted by atomic mass is 35.5. The van der Waals surface area contributed by atoms with Crippen molar-refractivity contribution in [2.75, 3.05) is 26.8 Å². The molecule has 116 valence electrons. The van der Waals surface area contributed by atoms with Crippen molar-refractivity contribution in [3.63, 3.8) is 0 Å². The van der Waals surface area contributed by atoms with Gasteiger partial charge in [-0.15, -0.1) is 11.3 Å². The predicted molar refractivity (Wildman–Crippen MR) is 86.9 cm³/mol. The Morgan fingerprint density at radius 3 is 3.00 bits per heavy atom. The molecule has 0 radical (unpaired) electrons. The van der Waals surface area contributed by atoms with Gasteiger partial charge in [0.15, 0.2) is 0 Å². The van der Waals surface area contributed by atoms with E-state index < -0.39 is 0 Å². The van der Waals surface area contributed by atoms with E-state index in [1.54, 1.807) is 19.2 Å². The monoisotopic (exact) mass is 337 g/mol. The Bertz CT molecular complexity index is 673. The van der Waals surface area contributed by atoms with Gasteiger partial charge in [0, 0.05) is 6.54 Å². The van der Waals surface area contributed by atoms with Crippen molar-refractivity contribution in [3.8, 4) is 5.75 Å². The van der Waals surface area contributed by atoms with Crippen LogP contribution in [0.25, 0.3) is 0 Å². The van der Waals surface area contributed by atoms with Crippen molar-refractivity contribution >= 4 is 28.8 Å². The Morgan fingerprint density at radius 1 is 1.41 bits per heavy atom. The summed E-state index contributed by atoms with van der Waals surface area (Å²) in [4.78, 5) is 15.0. The van der Waals surface area contributed by atoms with Gasteiger partial charge in [0.2, 0.25) is 0 Å². The van der Waals surface area contributed by atoms with Gasteiger partial charge in [-0.2, -0.15) is 0 Å². The van der Waals surface area contributed by atoms with Crippen LogP contribution >= 0.6 is 22.9 Å². The molecule has 3 rings (SSSR count). The van der Waals surface area contributed by atoms with Crippen LogP contribution < -0.4 is 4.74 Å². The number of nitrogens with zero attached hydrogens (tertiary/aromatic N) is 1. The Morgan fingerprint density at radius 2 is 2.27 bits per heavy atom. The molecule has 1 fully saturated rings. The van der Waals surface area contributed by atoms with E-state index in [-0.39, 0.29) is 12.0 Å². The summed E-state index contributed by atoms with van der Waals surface area (Å²) in [5.41, 5.74) is 1.01. The molecular weight excluding hydrogens is 322 g/mol. The maximum atomic E-state index is 12.5. The van der Waals surface area contributed by atoms with Gasteiger partial charge in [-0.05, 0) is 29.8 Å². The molecule has 0 aliphatic carbocycles. The molecule has 6 heteroatoms. The largest absolute Gasteiger partial charge is 0.497 e. The normalized spacial score (nSPS) is 18.3. The number of morpholine rings is 1. The Hall–Kier alpha value is -1.56. The fraction of sp³-hybridized carbons (Fsp3) is 0.312. The van der Waals surface area contributed by atoms with E-state index in [9.17, 15) is 4.79 Å². The van der Waals surface area contributed by atoms with Gasteiger partial charge >= 0.3 is 0 Å². The van der Waals surface area contributed by atoms with Crippen LogP contribution in [0.1, 0.15) is 21.3 Å². The van der Waals surface area contributed by atoms with Crippen LogP contribution in [0, 0.1) is 0 Å². The number of hydrogen-bond donors (Lipinski definition) is 0. The molecule has 0 N–H and O–H groups in total. The Labute approximate surface area is 138 Å². The van der Waals surface area contributed by atoms with Gasteiger partial charge in [0.05, 0.1) is 29.5 Å². The first kappa shape index (κ1) is 15.3. The highest BCUT2D eigenvalue weighted by Crippen LogP contribution is 2.28. The van der Waals surface area contributed by atoms with Crippen LogP contribution in [0.15, 0.2) is 36.4 Å². The van der Waals surface area contributed by atoms with Gasteiger partial charge in [-0.1, -0.05) is 23.7 Å². The third kappa shape index (κ3) is 3.27. The third-order valence-electron chi connectivity index (χ3n) is 3.60. The average molecular weight is 338 g/mol. The molecule has 1 saturated heterocycles. The van der Waals surface area contributed by atoms with Gasteiger partial charge in [-0.25, -0.2) is 0 Å². The minimum absolute atomic E-state index is 0.00750. The van der Waals surface area contributed by atoms with Crippen LogP contribution in [-0.4, -0.2) is 37.6 Å². The molecule has 0 bridgehead atoms. The van der Waals surface area contributed by atoms with Crippen LogP contribution in [0.3, 0.4) is 0 Å². The topological polar surface area (TPSA) is 38.8 Å². The standard InChI is InChI=1S/C16H16ClNO3S/c1-20-12-4-2-3-11(9-12)13-10-18(7-8-21-13)16(19)14-5-6-15(17)22-14/h2-6,9,13H,7-8,10H2,1H3. The lowest BCUT2D eigenvalue weighted by Crippen LogP contribution is -2.42. The molecule has 1 aromatic heterocycles. The molecule has 1 unspecified atom stereocenters. The lowest BCUT2D eigenvalue weighted by molar-refractivity contribution is -0.0227. The predicted octanol–water partition coefficient (Wildman–Crippen LogP) is 3.62. The van der Waals surface area contributed by atoms with Crippen molar-refractivity contribution in [1.82, 2.24) is 4.90 Å². The quantitative estimate of drug-likeness (QED) is 0.858. The van der Waals surface area contributed by atoms with Crippen molar-refractivity contribution < 1.29 is 14.3 Å². The van der Waals surface area contributed by atoms with Gasteiger partial charge in [-0.3, -0.25) is 4.79 Å². The molecule has 2 heterocycles. The second kappa shape index (κ2) is 6.69. The Kier molecular flexibility index (Phi) is 4.66. The number of amides is 1. The van der Waals surface area contributed by atoms with Crippen molar-refractivity contribution in [1.29, 1.82) is 0 Å². The number of carbonyl (C=O) groups is 1. The van der Waals surface area contributed by atoms with E-state index in [4.69, 9.17) is 21.1 Å². The summed E-state index contributed by atoms with van der Waals surface area (Å²) in [5, 5.41) is 0. The minimum Gasteiger partial charge on any atom is -0.497 e. The molecular formula is C16H16ClNO3S. The number of hydrogen-bond acceptors (Lipinski definition) is 4. The maximum absolute atomic E-state index is 12.5. The first-order valence-corrected chi connectivity index (χ1v) is 8.17. The van der Waals surface area contributed by atoms with E-state index >= 15 is 0 Å². The van der Waals surface area contributed by atoms with Crippen LogP contribution in [-0.2, 0) is 4.74 Å². The van der Waals surface area contributed by atoms with Gasteiger partial charge in [0.25, 0.3) is 5.91 Å². The van der Waals surface area contributed by atoms with E-state index in [1.807, 2.05) is 29.2 Å². The average Bonchev–Trinajstić information content (AvgIpc) is 3.01. The summed E-state index contributed by atoms with van der Waals surface area (Å²) in [6.07, 6.45) is -0.136. The molecule has 1 atom stereocenters. The summed E-state index contributed by atoms with van der Waals surface area (Å²) >= 11 is 7.22. The first-order valence-electron chi connectivity index (χ1n) is 6.97. The Balaban J connectivity index is 1.75. The first-order chi connectivity index (χ1) is 10.7. The number of ether oxygens (including phenoxy) is 2. The summed E-state index contributed by atoms with van der Waals surface area (Å²) < 4.78 is 11.7. The van der Waals surface area contributed by atoms with E-state index in [0.717, 1.165) is 11.3 Å². The summed E-state index contributed by atoms with van der Waals surface area (Å²) in [6, 6.07) is 11.3. The lowest BCUT2D eigenvalue weighted by Gasteiger charge is -2.33.